The summed E-state index contributed by atoms with van der Waals surface area (Å²) in [6.45, 7) is 0. The van der Waals surface area contributed by atoms with Gasteiger partial charge in [-0.15, -0.1) is 0 Å². The fraction of sp³-hybridized carbons (Fsp3) is 0. The van der Waals surface area contributed by atoms with Gasteiger partial charge >= 0.3 is 11.5 Å². The number of carboxylic acid groups (broad SMARTS) is 1. The van der Waals surface area contributed by atoms with Gasteiger partial charge in [-0.25, -0.2) is 9.78 Å². The van der Waals surface area contributed by atoms with Gasteiger partial charge in [-0.05, 0) is 18.2 Å². The van der Waals surface area contributed by atoms with Crippen LogP contribution < -0.4 is 10.3 Å². The Morgan fingerprint density at radius 2 is 2.22 bits per heavy atom. The first-order valence-electron chi connectivity index (χ1n) is 4.82. The summed E-state index contributed by atoms with van der Waals surface area (Å²) < 4.78 is 5.18. The maximum Gasteiger partial charge on any atom is 0.337 e. The summed E-state index contributed by atoms with van der Waals surface area (Å²) in [6, 6.07) is 4.04. The van der Waals surface area contributed by atoms with Gasteiger partial charge in [0.15, 0.2) is 0 Å². The Balaban J connectivity index is 2.36. The first kappa shape index (κ1) is 12.1. The smallest absolute Gasteiger partial charge is 0.337 e. The SMILES string of the molecule is O=C(O)c1cc(Oc2ncc[nH]c2=O)ccc1Cl. The van der Waals surface area contributed by atoms with Crippen LogP contribution in [0.2, 0.25) is 5.02 Å². The molecular weight excluding hydrogens is 260 g/mol. The Labute approximate surface area is 106 Å². The zero-order chi connectivity index (χ0) is 13.1. The van der Waals surface area contributed by atoms with Crippen molar-refractivity contribution < 1.29 is 14.6 Å². The molecule has 2 rings (SSSR count). The van der Waals surface area contributed by atoms with Crippen LogP contribution >= 0.6 is 11.6 Å². The number of nitrogens with zero attached hydrogens (tertiary/aromatic N) is 1. The lowest BCUT2D eigenvalue weighted by Crippen LogP contribution is -2.09. The number of carbonyl (C=O) groups is 1. The van der Waals surface area contributed by atoms with Crippen molar-refractivity contribution in [2.45, 2.75) is 0 Å². The molecule has 0 fully saturated rings. The molecule has 6 nitrogen and oxygen atoms in total. The molecule has 0 saturated carbocycles. The molecule has 0 spiro atoms. The monoisotopic (exact) mass is 266 g/mol. The van der Waals surface area contributed by atoms with E-state index in [1.807, 2.05) is 0 Å². The molecule has 2 N–H and O–H groups in total. The molecule has 0 bridgehead atoms. The number of nitrogens with one attached hydrogen (secondary N) is 1. The van der Waals surface area contributed by atoms with Gasteiger partial charge in [0.1, 0.15) is 5.75 Å². The average molecular weight is 267 g/mol. The van der Waals surface area contributed by atoms with Gasteiger partial charge in [0.05, 0.1) is 10.6 Å². The van der Waals surface area contributed by atoms with Crippen molar-refractivity contribution >= 4 is 17.6 Å². The quantitative estimate of drug-likeness (QED) is 0.885. The Hall–Kier alpha value is -2.34. The van der Waals surface area contributed by atoms with Crippen LogP contribution in [-0.2, 0) is 0 Å². The highest BCUT2D eigenvalue weighted by Crippen LogP contribution is 2.24. The van der Waals surface area contributed by atoms with E-state index >= 15 is 0 Å². The molecule has 0 aliphatic carbocycles. The molecule has 0 amide bonds. The molecule has 0 saturated heterocycles. The van der Waals surface area contributed by atoms with Crippen molar-refractivity contribution in [3.05, 3.63) is 51.5 Å². The minimum atomic E-state index is -1.18. The van der Waals surface area contributed by atoms with Crippen LogP contribution in [0.3, 0.4) is 0 Å². The molecule has 0 unspecified atom stereocenters. The van der Waals surface area contributed by atoms with Crippen LogP contribution in [0.5, 0.6) is 11.6 Å². The molecule has 1 aromatic carbocycles. The van der Waals surface area contributed by atoms with Crippen LogP contribution in [0.4, 0.5) is 0 Å². The van der Waals surface area contributed by atoms with Crippen molar-refractivity contribution in [1.29, 1.82) is 0 Å². The van der Waals surface area contributed by atoms with Crippen LogP contribution in [-0.4, -0.2) is 21.0 Å². The van der Waals surface area contributed by atoms with Gasteiger partial charge in [0.25, 0.3) is 5.88 Å². The summed E-state index contributed by atoms with van der Waals surface area (Å²) in [7, 11) is 0. The molecule has 92 valence electrons. The largest absolute Gasteiger partial charge is 0.478 e. The third-order valence-electron chi connectivity index (χ3n) is 2.06. The number of ether oxygens (including phenoxy) is 1. The van der Waals surface area contributed by atoms with Gasteiger partial charge in [0, 0.05) is 12.4 Å². The van der Waals surface area contributed by atoms with E-state index in [4.69, 9.17) is 21.4 Å². The maximum atomic E-state index is 11.3. The molecule has 0 aliphatic rings. The number of aromatic nitrogens is 2. The topological polar surface area (TPSA) is 92.3 Å². The molecule has 0 radical (unpaired) electrons. The van der Waals surface area contributed by atoms with Crippen LogP contribution in [0.25, 0.3) is 0 Å². The van der Waals surface area contributed by atoms with Gasteiger partial charge < -0.3 is 14.8 Å². The molecule has 7 heteroatoms. The van der Waals surface area contributed by atoms with Crippen molar-refractivity contribution in [3.8, 4) is 11.6 Å². The number of hydrogen-bond acceptors (Lipinski definition) is 4. The van der Waals surface area contributed by atoms with Crippen molar-refractivity contribution in [1.82, 2.24) is 9.97 Å². The predicted molar refractivity (Wildman–Crippen MR) is 63.3 cm³/mol. The molecule has 0 aliphatic heterocycles. The van der Waals surface area contributed by atoms with E-state index in [1.54, 1.807) is 0 Å². The first-order valence-corrected chi connectivity index (χ1v) is 5.20. The standard InChI is InChI=1S/C11H7ClN2O4/c12-8-2-1-6(5-7(8)11(16)17)18-10-9(15)13-3-4-14-10/h1-5H,(H,13,15)(H,16,17). The van der Waals surface area contributed by atoms with E-state index in [0.29, 0.717) is 0 Å². The summed E-state index contributed by atoms with van der Waals surface area (Å²) in [5.74, 6) is -1.18. The Morgan fingerprint density at radius 1 is 1.44 bits per heavy atom. The Morgan fingerprint density at radius 3 is 2.89 bits per heavy atom. The normalized spacial score (nSPS) is 10.1. The first-order chi connectivity index (χ1) is 8.58. The fourth-order valence-electron chi connectivity index (χ4n) is 1.25. The lowest BCUT2D eigenvalue weighted by atomic mass is 10.2. The zero-order valence-electron chi connectivity index (χ0n) is 8.88. The lowest BCUT2D eigenvalue weighted by molar-refractivity contribution is 0.0696. The second-order valence-electron chi connectivity index (χ2n) is 3.27. The maximum absolute atomic E-state index is 11.3. The van der Waals surface area contributed by atoms with Crippen molar-refractivity contribution in [2.75, 3.05) is 0 Å². The number of benzene rings is 1. The number of hydrogen-bond donors (Lipinski definition) is 2. The molecule has 1 heterocycles. The summed E-state index contributed by atoms with van der Waals surface area (Å²) in [4.78, 5) is 28.3. The van der Waals surface area contributed by atoms with E-state index < -0.39 is 11.5 Å². The van der Waals surface area contributed by atoms with Crippen molar-refractivity contribution in [2.24, 2.45) is 0 Å². The van der Waals surface area contributed by atoms with Crippen molar-refractivity contribution in [3.63, 3.8) is 0 Å². The van der Waals surface area contributed by atoms with Gasteiger partial charge in [0.2, 0.25) is 0 Å². The van der Waals surface area contributed by atoms with E-state index in [2.05, 4.69) is 9.97 Å². The van der Waals surface area contributed by atoms with Gasteiger partial charge in [-0.3, -0.25) is 4.79 Å². The third-order valence-corrected chi connectivity index (χ3v) is 2.39. The van der Waals surface area contributed by atoms with E-state index in [0.717, 1.165) is 0 Å². The second kappa shape index (κ2) is 4.89. The molecule has 1 aromatic heterocycles. The minimum Gasteiger partial charge on any atom is -0.478 e. The number of rotatable bonds is 3. The zero-order valence-corrected chi connectivity index (χ0v) is 9.64. The van der Waals surface area contributed by atoms with E-state index in [1.165, 1.54) is 30.6 Å². The number of aromatic carboxylic acids is 1. The average Bonchev–Trinajstić information content (AvgIpc) is 2.34. The summed E-state index contributed by atoms with van der Waals surface area (Å²) in [6.07, 6.45) is 2.71. The van der Waals surface area contributed by atoms with Crippen LogP contribution in [0.15, 0.2) is 35.4 Å². The van der Waals surface area contributed by atoms with Gasteiger partial charge in [-0.1, -0.05) is 11.6 Å². The molecule has 0 atom stereocenters. The van der Waals surface area contributed by atoms with Gasteiger partial charge in [-0.2, -0.15) is 0 Å². The Bertz CT molecular complexity index is 653. The number of aromatic amines is 1. The summed E-state index contributed by atoms with van der Waals surface area (Å²) >= 11 is 5.71. The fourth-order valence-corrected chi connectivity index (χ4v) is 1.45. The predicted octanol–water partition coefficient (Wildman–Crippen LogP) is 1.91. The third kappa shape index (κ3) is 2.49. The highest BCUT2D eigenvalue weighted by atomic mass is 35.5. The lowest BCUT2D eigenvalue weighted by Gasteiger charge is -2.05. The highest BCUT2D eigenvalue weighted by molar-refractivity contribution is 6.33. The highest BCUT2D eigenvalue weighted by Gasteiger charge is 2.11. The molecule has 2 aromatic rings. The second-order valence-corrected chi connectivity index (χ2v) is 3.68. The minimum absolute atomic E-state index is 0.0878. The molecule has 18 heavy (non-hydrogen) atoms. The summed E-state index contributed by atoms with van der Waals surface area (Å²) in [5.41, 5.74) is -0.620. The van der Waals surface area contributed by atoms with Crippen LogP contribution in [0.1, 0.15) is 10.4 Å². The van der Waals surface area contributed by atoms with E-state index in [9.17, 15) is 9.59 Å². The number of halogens is 1. The van der Waals surface area contributed by atoms with Crippen LogP contribution in [0, 0.1) is 0 Å². The summed E-state index contributed by atoms with van der Waals surface area (Å²) in [5, 5.41) is 8.98. The molecular formula is C11H7ClN2O4. The van der Waals surface area contributed by atoms with E-state index in [-0.39, 0.29) is 22.2 Å². The number of carboxylic acids is 1. The number of H-pyrrole nitrogens is 1. The Kier molecular flexibility index (Phi) is 3.29.